The summed E-state index contributed by atoms with van der Waals surface area (Å²) in [6, 6.07) is 13.5. The van der Waals surface area contributed by atoms with E-state index in [1.807, 2.05) is 12.1 Å². The van der Waals surface area contributed by atoms with E-state index >= 15 is 0 Å². The van der Waals surface area contributed by atoms with Gasteiger partial charge in [-0.2, -0.15) is 0 Å². The van der Waals surface area contributed by atoms with E-state index in [1.54, 1.807) is 24.3 Å². The molecule has 3 amide bonds. The van der Waals surface area contributed by atoms with E-state index in [-0.39, 0.29) is 36.1 Å². The molecular formula is C22H21FN2O4S. The van der Waals surface area contributed by atoms with Crippen LogP contribution in [0.15, 0.2) is 53.4 Å². The Hall–Kier alpha value is -3.13. The maximum absolute atomic E-state index is 13.8. The molecule has 1 fully saturated rings. The molecule has 156 valence electrons. The van der Waals surface area contributed by atoms with Gasteiger partial charge in [-0.25, -0.2) is 4.39 Å². The summed E-state index contributed by atoms with van der Waals surface area (Å²) in [6.07, 6.45) is 2.28. The minimum Gasteiger partial charge on any atom is -0.484 e. The minimum atomic E-state index is -0.505. The van der Waals surface area contributed by atoms with Crippen LogP contribution in [-0.4, -0.2) is 41.6 Å². The van der Waals surface area contributed by atoms with Gasteiger partial charge in [-0.1, -0.05) is 37.3 Å². The molecule has 1 aliphatic rings. The number of benzene rings is 2. The minimum absolute atomic E-state index is 0.0240. The van der Waals surface area contributed by atoms with Gasteiger partial charge in [-0.15, -0.1) is 0 Å². The van der Waals surface area contributed by atoms with Gasteiger partial charge in [-0.3, -0.25) is 19.3 Å². The van der Waals surface area contributed by atoms with E-state index in [1.165, 1.54) is 23.8 Å². The first-order chi connectivity index (χ1) is 14.5. The largest absolute Gasteiger partial charge is 0.484 e. The predicted octanol–water partition coefficient (Wildman–Crippen LogP) is 3.62. The first-order valence-electron chi connectivity index (χ1n) is 9.46. The maximum atomic E-state index is 13.8. The second-order valence-electron chi connectivity index (χ2n) is 6.49. The molecule has 30 heavy (non-hydrogen) atoms. The van der Waals surface area contributed by atoms with Gasteiger partial charge in [0.2, 0.25) is 0 Å². The number of nitrogens with zero attached hydrogens (tertiary/aromatic N) is 1. The molecule has 2 aromatic carbocycles. The van der Waals surface area contributed by atoms with Crippen LogP contribution in [0, 0.1) is 5.82 Å². The summed E-state index contributed by atoms with van der Waals surface area (Å²) >= 11 is 0.749. The third-order valence-electron chi connectivity index (χ3n) is 4.42. The van der Waals surface area contributed by atoms with Gasteiger partial charge < -0.3 is 10.1 Å². The summed E-state index contributed by atoms with van der Waals surface area (Å²) in [5.41, 5.74) is 1.41. The molecule has 0 spiro atoms. The summed E-state index contributed by atoms with van der Waals surface area (Å²) in [4.78, 5) is 37.6. The summed E-state index contributed by atoms with van der Waals surface area (Å²) < 4.78 is 19.2. The highest BCUT2D eigenvalue weighted by Gasteiger charge is 2.34. The number of hydrogen-bond acceptors (Lipinski definition) is 5. The predicted molar refractivity (Wildman–Crippen MR) is 113 cm³/mol. The molecule has 8 heteroatoms. The lowest BCUT2D eigenvalue weighted by Crippen LogP contribution is -2.38. The Balaban J connectivity index is 1.47. The molecule has 0 unspecified atom stereocenters. The highest BCUT2D eigenvalue weighted by Crippen LogP contribution is 2.32. The Morgan fingerprint density at radius 1 is 1.17 bits per heavy atom. The number of nitrogens with one attached hydrogen (secondary N) is 1. The molecule has 0 radical (unpaired) electrons. The molecule has 6 nitrogen and oxygen atoms in total. The Morgan fingerprint density at radius 3 is 2.60 bits per heavy atom. The number of amides is 3. The third-order valence-corrected chi connectivity index (χ3v) is 5.33. The number of halogens is 1. The number of thioether (sulfide) groups is 1. The van der Waals surface area contributed by atoms with E-state index in [9.17, 15) is 18.8 Å². The zero-order valence-electron chi connectivity index (χ0n) is 16.4. The topological polar surface area (TPSA) is 75.7 Å². The number of aryl methyl sites for hydroxylation is 1. The van der Waals surface area contributed by atoms with Crippen LogP contribution in [0.2, 0.25) is 0 Å². The van der Waals surface area contributed by atoms with E-state index in [4.69, 9.17) is 4.74 Å². The zero-order chi connectivity index (χ0) is 21.5. The van der Waals surface area contributed by atoms with E-state index in [0.29, 0.717) is 5.75 Å². The molecule has 0 aliphatic carbocycles. The van der Waals surface area contributed by atoms with Crippen molar-refractivity contribution >= 4 is 34.9 Å². The Morgan fingerprint density at radius 2 is 1.90 bits per heavy atom. The summed E-state index contributed by atoms with van der Waals surface area (Å²) in [5, 5.41) is 2.16. The van der Waals surface area contributed by atoms with Crippen LogP contribution in [-0.2, 0) is 16.0 Å². The van der Waals surface area contributed by atoms with Crippen LogP contribution < -0.4 is 10.1 Å². The molecule has 0 aromatic heterocycles. The van der Waals surface area contributed by atoms with Crippen molar-refractivity contribution in [3.8, 4) is 5.75 Å². The SMILES string of the molecule is CCc1ccc(OCC(=O)NCCN2C(=O)SC(=Cc3ccccc3F)C2=O)cc1. The van der Waals surface area contributed by atoms with Crippen molar-refractivity contribution in [1.82, 2.24) is 10.2 Å². The van der Waals surface area contributed by atoms with Crippen LogP contribution in [0.25, 0.3) is 6.08 Å². The number of ether oxygens (including phenoxy) is 1. The first-order valence-corrected chi connectivity index (χ1v) is 10.3. The summed E-state index contributed by atoms with van der Waals surface area (Å²) in [5.74, 6) is -0.745. The van der Waals surface area contributed by atoms with Crippen molar-refractivity contribution in [2.75, 3.05) is 19.7 Å². The summed E-state index contributed by atoms with van der Waals surface area (Å²) in [6.45, 7) is 2.01. The lowest BCUT2D eigenvalue weighted by molar-refractivity contribution is -0.125. The first kappa shape index (κ1) is 21.6. The average molecular weight is 428 g/mol. The molecule has 1 saturated heterocycles. The van der Waals surface area contributed by atoms with E-state index < -0.39 is 17.0 Å². The second-order valence-corrected chi connectivity index (χ2v) is 7.48. The lowest BCUT2D eigenvalue weighted by Gasteiger charge is -2.13. The van der Waals surface area contributed by atoms with Crippen molar-refractivity contribution in [1.29, 1.82) is 0 Å². The van der Waals surface area contributed by atoms with Crippen LogP contribution in [0.1, 0.15) is 18.1 Å². The van der Waals surface area contributed by atoms with Gasteiger partial charge in [0.1, 0.15) is 11.6 Å². The number of hydrogen-bond donors (Lipinski definition) is 1. The normalized spacial score (nSPS) is 15.0. The van der Waals surface area contributed by atoms with E-state index in [0.717, 1.165) is 23.1 Å². The maximum Gasteiger partial charge on any atom is 0.293 e. The number of rotatable bonds is 8. The summed E-state index contributed by atoms with van der Waals surface area (Å²) in [7, 11) is 0. The fraction of sp³-hybridized carbons (Fsp3) is 0.227. The molecular weight excluding hydrogens is 407 g/mol. The van der Waals surface area contributed by atoms with Crippen LogP contribution in [0.4, 0.5) is 9.18 Å². The zero-order valence-corrected chi connectivity index (χ0v) is 17.2. The van der Waals surface area contributed by atoms with Gasteiger partial charge in [0, 0.05) is 18.7 Å². The van der Waals surface area contributed by atoms with Crippen molar-refractivity contribution < 1.29 is 23.5 Å². The van der Waals surface area contributed by atoms with Crippen molar-refractivity contribution in [3.05, 3.63) is 70.4 Å². The molecule has 1 N–H and O–H groups in total. The molecule has 0 atom stereocenters. The Bertz CT molecular complexity index is 975. The quantitative estimate of drug-likeness (QED) is 0.650. The molecule has 0 saturated carbocycles. The fourth-order valence-corrected chi connectivity index (χ4v) is 3.61. The average Bonchev–Trinajstić information content (AvgIpc) is 3.01. The molecule has 2 aromatic rings. The van der Waals surface area contributed by atoms with Gasteiger partial charge in [0.25, 0.3) is 17.1 Å². The molecule has 3 rings (SSSR count). The Kier molecular flexibility index (Phi) is 7.24. The highest BCUT2D eigenvalue weighted by molar-refractivity contribution is 8.18. The molecule has 1 heterocycles. The van der Waals surface area contributed by atoms with Gasteiger partial charge in [0.05, 0.1) is 4.91 Å². The molecule has 1 aliphatic heterocycles. The monoisotopic (exact) mass is 428 g/mol. The molecule has 0 bridgehead atoms. The fourth-order valence-electron chi connectivity index (χ4n) is 2.75. The van der Waals surface area contributed by atoms with Gasteiger partial charge >= 0.3 is 0 Å². The van der Waals surface area contributed by atoms with Crippen molar-refractivity contribution in [3.63, 3.8) is 0 Å². The smallest absolute Gasteiger partial charge is 0.293 e. The lowest BCUT2D eigenvalue weighted by atomic mass is 10.2. The number of carbonyl (C=O) groups is 3. The van der Waals surface area contributed by atoms with Crippen LogP contribution >= 0.6 is 11.8 Å². The second kappa shape index (κ2) is 10.1. The van der Waals surface area contributed by atoms with Gasteiger partial charge in [0.15, 0.2) is 6.61 Å². The van der Waals surface area contributed by atoms with Crippen LogP contribution in [0.3, 0.4) is 0 Å². The van der Waals surface area contributed by atoms with E-state index in [2.05, 4.69) is 12.2 Å². The Labute approximate surface area is 178 Å². The number of imide groups is 1. The standard InChI is InChI=1S/C22H21FN2O4S/c1-2-15-7-9-17(10-8-15)29-14-20(26)24-11-12-25-21(27)19(30-22(25)28)13-16-5-3-4-6-18(16)23/h3-10,13H,2,11-12,14H2,1H3,(H,24,26). The van der Waals surface area contributed by atoms with Crippen LogP contribution in [0.5, 0.6) is 5.75 Å². The van der Waals surface area contributed by atoms with Crippen molar-refractivity contribution in [2.24, 2.45) is 0 Å². The van der Waals surface area contributed by atoms with Gasteiger partial charge in [-0.05, 0) is 48.0 Å². The number of carbonyl (C=O) groups excluding carboxylic acids is 3. The van der Waals surface area contributed by atoms with Crippen molar-refractivity contribution in [2.45, 2.75) is 13.3 Å². The highest BCUT2D eigenvalue weighted by atomic mass is 32.2. The third kappa shape index (κ3) is 5.48.